The second-order valence-electron chi connectivity index (χ2n) is 4.65. The molecular weight excluding hydrogens is 260 g/mol. The summed E-state index contributed by atoms with van der Waals surface area (Å²) in [5, 5.41) is 9.42. The summed E-state index contributed by atoms with van der Waals surface area (Å²) in [6, 6.07) is 11.2. The molecule has 0 atom stereocenters. The number of benzene rings is 2. The van der Waals surface area contributed by atoms with E-state index < -0.39 is 0 Å². The van der Waals surface area contributed by atoms with Crippen LogP contribution in [0.25, 0.3) is 0 Å². The fourth-order valence-corrected chi connectivity index (χ4v) is 2.30. The lowest BCUT2D eigenvalue weighted by atomic mass is 10.1. The number of phenolic OH excluding ortho intramolecular Hbond substituents is 1. The first kappa shape index (κ1) is 13.8. The van der Waals surface area contributed by atoms with Gasteiger partial charge in [0, 0.05) is 5.88 Å². The lowest BCUT2D eigenvalue weighted by Gasteiger charge is -2.13. The van der Waals surface area contributed by atoms with E-state index in [1.807, 2.05) is 38.1 Å². The molecule has 0 radical (unpaired) electrons. The summed E-state index contributed by atoms with van der Waals surface area (Å²) in [5.41, 5.74) is 4.20. The quantitative estimate of drug-likeness (QED) is 0.843. The smallest absolute Gasteiger partial charge is 0.125 e. The first-order valence-electron chi connectivity index (χ1n) is 6.17. The number of aryl methyl sites for hydroxylation is 2. The largest absolute Gasteiger partial charge is 0.508 e. The summed E-state index contributed by atoms with van der Waals surface area (Å²) in [6.07, 6.45) is 0. The number of alkyl halides is 1. The van der Waals surface area contributed by atoms with Gasteiger partial charge in [0.05, 0.1) is 0 Å². The minimum atomic E-state index is 0.257. The number of rotatable bonds is 4. The maximum atomic E-state index is 9.42. The van der Waals surface area contributed by atoms with Crippen LogP contribution in [0, 0.1) is 13.8 Å². The van der Waals surface area contributed by atoms with Crippen molar-refractivity contribution in [1.29, 1.82) is 0 Å². The Morgan fingerprint density at radius 2 is 1.74 bits per heavy atom. The highest BCUT2D eigenvalue weighted by molar-refractivity contribution is 6.17. The molecule has 19 heavy (non-hydrogen) atoms. The van der Waals surface area contributed by atoms with Gasteiger partial charge in [0.2, 0.25) is 0 Å². The number of hydrogen-bond donors (Lipinski definition) is 1. The minimum absolute atomic E-state index is 0.257. The van der Waals surface area contributed by atoms with E-state index in [1.54, 1.807) is 12.1 Å². The lowest BCUT2D eigenvalue weighted by molar-refractivity contribution is 0.301. The van der Waals surface area contributed by atoms with Crippen molar-refractivity contribution in [3.05, 3.63) is 58.7 Å². The van der Waals surface area contributed by atoms with Crippen LogP contribution < -0.4 is 4.74 Å². The van der Waals surface area contributed by atoms with Gasteiger partial charge in [-0.1, -0.05) is 24.3 Å². The van der Waals surface area contributed by atoms with Crippen LogP contribution in [0.1, 0.15) is 22.3 Å². The third-order valence-corrected chi connectivity index (χ3v) is 3.28. The molecule has 0 spiro atoms. The molecule has 0 aromatic heterocycles. The molecule has 2 aromatic rings. The van der Waals surface area contributed by atoms with E-state index in [4.69, 9.17) is 16.3 Å². The van der Waals surface area contributed by atoms with Crippen molar-refractivity contribution in [3.8, 4) is 11.5 Å². The van der Waals surface area contributed by atoms with Crippen molar-refractivity contribution in [2.45, 2.75) is 26.3 Å². The first-order chi connectivity index (χ1) is 9.10. The summed E-state index contributed by atoms with van der Waals surface area (Å²) in [7, 11) is 0. The predicted molar refractivity (Wildman–Crippen MR) is 77.9 cm³/mol. The maximum Gasteiger partial charge on any atom is 0.125 e. The SMILES string of the molecule is Cc1cc(CCl)cc(C)c1OCc1cccc(O)c1. The average Bonchev–Trinajstić information content (AvgIpc) is 2.37. The van der Waals surface area contributed by atoms with E-state index in [0.29, 0.717) is 12.5 Å². The number of aromatic hydroxyl groups is 1. The monoisotopic (exact) mass is 276 g/mol. The molecule has 0 fully saturated rings. The van der Waals surface area contributed by atoms with Gasteiger partial charge in [0.25, 0.3) is 0 Å². The van der Waals surface area contributed by atoms with Crippen LogP contribution in [0.5, 0.6) is 11.5 Å². The van der Waals surface area contributed by atoms with Crippen molar-refractivity contribution in [2.24, 2.45) is 0 Å². The van der Waals surface area contributed by atoms with Crippen LogP contribution in [-0.2, 0) is 12.5 Å². The molecule has 2 nitrogen and oxygen atoms in total. The Morgan fingerprint density at radius 3 is 2.32 bits per heavy atom. The summed E-state index contributed by atoms with van der Waals surface area (Å²) < 4.78 is 5.85. The van der Waals surface area contributed by atoms with E-state index >= 15 is 0 Å². The first-order valence-corrected chi connectivity index (χ1v) is 6.70. The Kier molecular flexibility index (Phi) is 4.33. The van der Waals surface area contributed by atoms with Crippen LogP contribution >= 0.6 is 11.6 Å². The highest BCUT2D eigenvalue weighted by atomic mass is 35.5. The number of halogens is 1. The molecule has 2 rings (SSSR count). The molecule has 0 aliphatic rings. The molecule has 0 unspecified atom stereocenters. The Labute approximate surface area is 118 Å². The minimum Gasteiger partial charge on any atom is -0.508 e. The van der Waals surface area contributed by atoms with Gasteiger partial charge >= 0.3 is 0 Å². The van der Waals surface area contributed by atoms with Crippen molar-refractivity contribution in [3.63, 3.8) is 0 Å². The van der Waals surface area contributed by atoms with Gasteiger partial charge in [-0.2, -0.15) is 0 Å². The predicted octanol–water partition coefficient (Wildman–Crippen LogP) is 4.33. The number of phenols is 1. The summed E-state index contributed by atoms with van der Waals surface area (Å²) in [6.45, 7) is 4.47. The summed E-state index contributed by atoms with van der Waals surface area (Å²) in [5.74, 6) is 1.65. The van der Waals surface area contributed by atoms with E-state index in [9.17, 15) is 5.11 Å². The molecule has 1 N–H and O–H groups in total. The number of hydrogen-bond acceptors (Lipinski definition) is 2. The molecule has 2 aromatic carbocycles. The van der Waals surface area contributed by atoms with Crippen molar-refractivity contribution in [2.75, 3.05) is 0 Å². The van der Waals surface area contributed by atoms with E-state index in [1.165, 1.54) is 0 Å². The fraction of sp³-hybridized carbons (Fsp3) is 0.250. The van der Waals surface area contributed by atoms with Crippen LogP contribution in [0.3, 0.4) is 0 Å². The highest BCUT2D eigenvalue weighted by Gasteiger charge is 2.06. The average molecular weight is 277 g/mol. The lowest BCUT2D eigenvalue weighted by Crippen LogP contribution is -1.99. The van der Waals surface area contributed by atoms with E-state index in [0.717, 1.165) is 28.0 Å². The van der Waals surface area contributed by atoms with E-state index in [-0.39, 0.29) is 5.75 Å². The Balaban J connectivity index is 2.16. The van der Waals surface area contributed by atoms with Crippen LogP contribution in [-0.4, -0.2) is 5.11 Å². The molecule has 0 saturated carbocycles. The molecule has 0 heterocycles. The van der Waals surface area contributed by atoms with Crippen LogP contribution in [0.4, 0.5) is 0 Å². The van der Waals surface area contributed by atoms with Gasteiger partial charge in [-0.3, -0.25) is 0 Å². The third-order valence-electron chi connectivity index (χ3n) is 2.97. The van der Waals surface area contributed by atoms with Gasteiger partial charge in [0.15, 0.2) is 0 Å². The second-order valence-corrected chi connectivity index (χ2v) is 4.92. The topological polar surface area (TPSA) is 29.5 Å². The molecule has 100 valence electrons. The zero-order valence-corrected chi connectivity index (χ0v) is 11.9. The van der Waals surface area contributed by atoms with Crippen LogP contribution in [0.2, 0.25) is 0 Å². The molecule has 0 aliphatic carbocycles. The van der Waals surface area contributed by atoms with Gasteiger partial charge in [0.1, 0.15) is 18.1 Å². The molecule has 0 bridgehead atoms. The Morgan fingerprint density at radius 1 is 1.05 bits per heavy atom. The third kappa shape index (κ3) is 3.42. The van der Waals surface area contributed by atoms with Crippen molar-refractivity contribution in [1.82, 2.24) is 0 Å². The van der Waals surface area contributed by atoms with Crippen molar-refractivity contribution >= 4 is 11.6 Å². The van der Waals surface area contributed by atoms with Gasteiger partial charge < -0.3 is 9.84 Å². The Bertz CT molecular complexity index is 556. The van der Waals surface area contributed by atoms with Crippen molar-refractivity contribution < 1.29 is 9.84 Å². The van der Waals surface area contributed by atoms with E-state index in [2.05, 4.69) is 0 Å². The molecular formula is C16H17ClO2. The van der Waals surface area contributed by atoms with Crippen LogP contribution in [0.15, 0.2) is 36.4 Å². The summed E-state index contributed by atoms with van der Waals surface area (Å²) >= 11 is 5.84. The van der Waals surface area contributed by atoms with Gasteiger partial charge in [-0.05, 0) is 48.2 Å². The molecule has 0 amide bonds. The second kappa shape index (κ2) is 5.98. The zero-order valence-electron chi connectivity index (χ0n) is 11.1. The molecule has 3 heteroatoms. The maximum absolute atomic E-state index is 9.42. The molecule has 0 saturated heterocycles. The zero-order chi connectivity index (χ0) is 13.8. The standard InChI is InChI=1S/C16H17ClO2/c1-11-6-14(9-17)7-12(2)16(11)19-10-13-4-3-5-15(18)8-13/h3-8,18H,9-10H2,1-2H3. The van der Waals surface area contributed by atoms with Gasteiger partial charge in [-0.15, -0.1) is 11.6 Å². The van der Waals surface area contributed by atoms with Gasteiger partial charge in [-0.25, -0.2) is 0 Å². The number of ether oxygens (including phenoxy) is 1. The summed E-state index contributed by atoms with van der Waals surface area (Å²) in [4.78, 5) is 0. The fourth-order valence-electron chi connectivity index (χ4n) is 2.15. The Hall–Kier alpha value is -1.67. The highest BCUT2D eigenvalue weighted by Crippen LogP contribution is 2.26. The normalized spacial score (nSPS) is 10.5. The molecule has 0 aliphatic heterocycles.